The molecule has 0 spiro atoms. The second-order valence-corrected chi connectivity index (χ2v) is 11.2. The van der Waals surface area contributed by atoms with Gasteiger partial charge in [-0.25, -0.2) is 4.98 Å². The molecule has 0 bridgehead atoms. The van der Waals surface area contributed by atoms with Gasteiger partial charge < -0.3 is 30.9 Å². The van der Waals surface area contributed by atoms with Crippen LogP contribution < -0.4 is 26.0 Å². The molecule has 4 fully saturated rings. The van der Waals surface area contributed by atoms with Crippen LogP contribution in [0.1, 0.15) is 54.2 Å². The SMILES string of the molecule is CN1CCN(C2CCN(c3ccc(Nc4nc(O[C@@H]5CCNC5)c(C5CC5)nc4C(N)=O)cc3)CC2)CC1. The van der Waals surface area contributed by atoms with Gasteiger partial charge in [-0.15, -0.1) is 0 Å². The van der Waals surface area contributed by atoms with Crippen molar-refractivity contribution in [3.63, 3.8) is 0 Å². The highest BCUT2D eigenvalue weighted by Crippen LogP contribution is 2.43. The molecule has 1 aromatic carbocycles. The van der Waals surface area contributed by atoms with Gasteiger partial charge in [-0.1, -0.05) is 0 Å². The third-order valence-corrected chi connectivity index (χ3v) is 8.39. The van der Waals surface area contributed by atoms with Gasteiger partial charge in [0.15, 0.2) is 11.5 Å². The predicted octanol–water partition coefficient (Wildman–Crippen LogP) is 2.15. The van der Waals surface area contributed by atoms with Crippen LogP contribution in [0.25, 0.3) is 0 Å². The van der Waals surface area contributed by atoms with Crippen LogP contribution in [0, 0.1) is 0 Å². The summed E-state index contributed by atoms with van der Waals surface area (Å²) in [5.74, 6) is 0.576. The molecule has 3 saturated heterocycles. The van der Waals surface area contributed by atoms with Crippen molar-refractivity contribution in [2.45, 2.75) is 50.2 Å². The van der Waals surface area contributed by atoms with Gasteiger partial charge >= 0.3 is 0 Å². The molecule has 1 aromatic heterocycles. The fourth-order valence-electron chi connectivity index (χ4n) is 5.86. The van der Waals surface area contributed by atoms with E-state index in [1.807, 2.05) is 12.1 Å². The van der Waals surface area contributed by atoms with Gasteiger partial charge in [-0.2, -0.15) is 4.98 Å². The van der Waals surface area contributed by atoms with Crippen LogP contribution in [0.3, 0.4) is 0 Å². The first-order chi connectivity index (χ1) is 18.5. The average molecular weight is 521 g/mol. The summed E-state index contributed by atoms with van der Waals surface area (Å²) in [6.07, 6.45) is 5.47. The van der Waals surface area contributed by atoms with E-state index in [0.717, 1.165) is 56.8 Å². The lowest BCUT2D eigenvalue weighted by molar-refractivity contribution is 0.0982. The Balaban J connectivity index is 1.13. The quantitative estimate of drug-likeness (QED) is 0.482. The maximum absolute atomic E-state index is 12.3. The summed E-state index contributed by atoms with van der Waals surface area (Å²) in [5, 5.41) is 6.61. The number of carbonyl (C=O) groups excluding carboxylic acids is 1. The van der Waals surface area contributed by atoms with Gasteiger partial charge in [-0.3, -0.25) is 9.69 Å². The first kappa shape index (κ1) is 25.3. The van der Waals surface area contributed by atoms with E-state index in [2.05, 4.69) is 49.5 Å². The zero-order chi connectivity index (χ0) is 26.1. The van der Waals surface area contributed by atoms with Crippen molar-refractivity contribution >= 4 is 23.1 Å². The number of amides is 1. The summed E-state index contributed by atoms with van der Waals surface area (Å²) < 4.78 is 6.24. The van der Waals surface area contributed by atoms with Gasteiger partial charge in [0, 0.05) is 69.1 Å². The van der Waals surface area contributed by atoms with E-state index in [4.69, 9.17) is 15.5 Å². The van der Waals surface area contributed by atoms with Gasteiger partial charge in [0.25, 0.3) is 5.91 Å². The number of hydrogen-bond donors (Lipinski definition) is 3. The molecular weight excluding hydrogens is 480 g/mol. The Kier molecular flexibility index (Phi) is 7.36. The van der Waals surface area contributed by atoms with Crippen LogP contribution in [-0.4, -0.2) is 97.2 Å². The fraction of sp³-hybridized carbons (Fsp3) is 0.607. The number of nitrogens with zero attached hydrogens (tertiary/aromatic N) is 5. The second-order valence-electron chi connectivity index (χ2n) is 11.2. The monoisotopic (exact) mass is 520 g/mol. The highest BCUT2D eigenvalue weighted by Gasteiger charge is 2.33. The lowest BCUT2D eigenvalue weighted by Gasteiger charge is -2.42. The van der Waals surface area contributed by atoms with Crippen molar-refractivity contribution in [3.05, 3.63) is 35.7 Å². The molecule has 3 aliphatic heterocycles. The fourth-order valence-corrected chi connectivity index (χ4v) is 5.86. The van der Waals surface area contributed by atoms with Crippen molar-refractivity contribution in [3.8, 4) is 5.88 Å². The Hall–Kier alpha value is -2.95. The van der Waals surface area contributed by atoms with Crippen LogP contribution in [0.2, 0.25) is 0 Å². The van der Waals surface area contributed by atoms with Crippen LogP contribution in [-0.2, 0) is 0 Å². The van der Waals surface area contributed by atoms with E-state index in [-0.39, 0.29) is 11.8 Å². The molecule has 4 heterocycles. The van der Waals surface area contributed by atoms with Gasteiger partial charge in [0.05, 0.1) is 0 Å². The molecule has 38 heavy (non-hydrogen) atoms. The van der Waals surface area contributed by atoms with Gasteiger partial charge in [0.2, 0.25) is 5.88 Å². The molecule has 204 valence electrons. The Labute approximate surface area is 224 Å². The van der Waals surface area contributed by atoms with E-state index < -0.39 is 5.91 Å². The van der Waals surface area contributed by atoms with E-state index in [1.54, 1.807) is 0 Å². The molecule has 0 unspecified atom stereocenters. The number of primary amides is 1. The summed E-state index contributed by atoms with van der Waals surface area (Å²) in [6, 6.07) is 9.03. The number of rotatable bonds is 8. The first-order valence-electron chi connectivity index (χ1n) is 14.2. The van der Waals surface area contributed by atoms with E-state index in [1.165, 1.54) is 44.7 Å². The number of benzene rings is 1. The first-order valence-corrected chi connectivity index (χ1v) is 14.2. The average Bonchev–Trinajstić information content (AvgIpc) is 3.65. The predicted molar refractivity (Wildman–Crippen MR) is 148 cm³/mol. The lowest BCUT2D eigenvalue weighted by atomic mass is 10.0. The minimum absolute atomic E-state index is 0.0637. The smallest absolute Gasteiger partial charge is 0.271 e. The maximum atomic E-state index is 12.3. The lowest BCUT2D eigenvalue weighted by Crippen LogP contribution is -2.52. The molecule has 10 nitrogen and oxygen atoms in total. The molecule has 1 saturated carbocycles. The zero-order valence-electron chi connectivity index (χ0n) is 22.4. The molecule has 0 radical (unpaired) electrons. The number of carbonyl (C=O) groups is 1. The van der Waals surface area contributed by atoms with Crippen LogP contribution in [0.5, 0.6) is 5.88 Å². The Morgan fingerprint density at radius 3 is 2.37 bits per heavy atom. The molecule has 1 aliphatic carbocycles. The molecule has 4 N–H and O–H groups in total. The maximum Gasteiger partial charge on any atom is 0.271 e. The molecular formula is C28H40N8O2. The number of anilines is 3. The Morgan fingerprint density at radius 1 is 1.00 bits per heavy atom. The molecule has 2 aromatic rings. The molecule has 6 rings (SSSR count). The number of piperidine rings is 1. The summed E-state index contributed by atoms with van der Waals surface area (Å²) in [6.45, 7) is 8.58. The number of aromatic nitrogens is 2. The highest BCUT2D eigenvalue weighted by molar-refractivity contribution is 5.96. The Morgan fingerprint density at radius 2 is 1.74 bits per heavy atom. The summed E-state index contributed by atoms with van der Waals surface area (Å²) in [7, 11) is 2.21. The summed E-state index contributed by atoms with van der Waals surface area (Å²) in [5.41, 5.74) is 8.70. The van der Waals surface area contributed by atoms with Gasteiger partial charge in [0.1, 0.15) is 11.8 Å². The van der Waals surface area contributed by atoms with Crippen molar-refractivity contribution in [1.82, 2.24) is 25.1 Å². The normalized spacial score (nSPS) is 23.5. The summed E-state index contributed by atoms with van der Waals surface area (Å²) in [4.78, 5) is 29.3. The topological polar surface area (TPSA) is 112 Å². The molecule has 10 heteroatoms. The van der Waals surface area contributed by atoms with Crippen molar-refractivity contribution in [2.24, 2.45) is 5.73 Å². The number of ether oxygens (including phenoxy) is 1. The van der Waals surface area contributed by atoms with Gasteiger partial charge in [-0.05, 0) is 70.0 Å². The highest BCUT2D eigenvalue weighted by atomic mass is 16.5. The standard InChI is InChI=1S/C28H40N8O2/c1-34-14-16-36(17-15-34)22-9-12-35(13-10-22)21-6-4-20(5-7-21)31-27-25(26(29)37)32-24(19-2-3-19)28(33-27)38-23-8-11-30-18-23/h4-7,19,22-23,30H,2-3,8-18H2,1H3,(H2,29,37)(H,31,33)/t23-/m1/s1. The van der Waals surface area contributed by atoms with E-state index in [0.29, 0.717) is 23.7 Å². The molecule has 1 amide bonds. The number of likely N-dealkylation sites (N-methyl/N-ethyl adjacent to an activating group) is 1. The molecule has 4 aliphatic rings. The largest absolute Gasteiger partial charge is 0.472 e. The minimum Gasteiger partial charge on any atom is -0.472 e. The van der Waals surface area contributed by atoms with Crippen LogP contribution in [0.4, 0.5) is 17.2 Å². The zero-order valence-corrected chi connectivity index (χ0v) is 22.4. The third kappa shape index (κ3) is 5.72. The Bertz CT molecular complexity index is 1120. The summed E-state index contributed by atoms with van der Waals surface area (Å²) >= 11 is 0. The van der Waals surface area contributed by atoms with E-state index >= 15 is 0 Å². The second kappa shape index (κ2) is 11.0. The third-order valence-electron chi connectivity index (χ3n) is 8.39. The number of hydrogen-bond acceptors (Lipinski definition) is 9. The number of piperazine rings is 1. The van der Waals surface area contributed by atoms with Crippen molar-refractivity contribution in [1.29, 1.82) is 0 Å². The minimum atomic E-state index is -0.587. The number of nitrogens with two attached hydrogens (primary N) is 1. The van der Waals surface area contributed by atoms with Crippen molar-refractivity contribution < 1.29 is 9.53 Å². The molecule has 1 atom stereocenters. The van der Waals surface area contributed by atoms with E-state index in [9.17, 15) is 4.79 Å². The number of nitrogens with one attached hydrogen (secondary N) is 2. The van der Waals surface area contributed by atoms with Crippen LogP contribution in [0.15, 0.2) is 24.3 Å². The van der Waals surface area contributed by atoms with Crippen LogP contribution >= 0.6 is 0 Å². The van der Waals surface area contributed by atoms with Crippen molar-refractivity contribution in [2.75, 3.05) is 69.6 Å².